The van der Waals surface area contributed by atoms with Crippen LogP contribution in [0.15, 0.2) is 0 Å². The maximum absolute atomic E-state index is 5.79. The van der Waals surface area contributed by atoms with Crippen molar-refractivity contribution in [3.8, 4) is 0 Å². The van der Waals surface area contributed by atoms with Gasteiger partial charge in [0.25, 0.3) is 0 Å². The van der Waals surface area contributed by atoms with Crippen molar-refractivity contribution in [1.82, 2.24) is 8.69 Å². The molecule has 0 aromatic rings. The van der Waals surface area contributed by atoms with Crippen molar-refractivity contribution in [3.05, 3.63) is 0 Å². The molecule has 2 unspecified atom stereocenters. The molecular formula is C8H23IrN5. The van der Waals surface area contributed by atoms with E-state index in [0.717, 1.165) is 19.6 Å². The second-order valence-corrected chi connectivity index (χ2v) is 5.40. The van der Waals surface area contributed by atoms with E-state index in [1.165, 1.54) is 0 Å². The molecule has 0 rings (SSSR count). The van der Waals surface area contributed by atoms with Crippen LogP contribution in [0.5, 0.6) is 0 Å². The topological polar surface area (TPSA) is 84.5 Å². The Hall–Kier alpha value is 0.449. The van der Waals surface area contributed by atoms with E-state index in [9.17, 15) is 0 Å². The molecule has 0 aromatic carbocycles. The first-order valence-corrected chi connectivity index (χ1v) is 7.29. The van der Waals surface area contributed by atoms with E-state index >= 15 is 0 Å². The molecule has 0 heterocycles. The van der Waals surface area contributed by atoms with E-state index in [4.69, 9.17) is 15.9 Å². The van der Waals surface area contributed by atoms with E-state index in [1.54, 1.807) is 0 Å². The van der Waals surface area contributed by atoms with Gasteiger partial charge in [0, 0.05) is 0 Å². The van der Waals surface area contributed by atoms with Crippen molar-refractivity contribution >= 4 is 0 Å². The molecule has 6 heteroatoms. The Bertz CT molecular complexity index is 126. The molecular weight excluding hydrogens is 358 g/mol. The average molecular weight is 382 g/mol. The molecule has 2 atom stereocenters. The minimum absolute atomic E-state index is 0.157. The summed E-state index contributed by atoms with van der Waals surface area (Å²) in [5.41, 5.74) is 11.5. The summed E-state index contributed by atoms with van der Waals surface area (Å²) in [6, 6.07) is 0.327. The fourth-order valence-electron chi connectivity index (χ4n) is 1.12. The summed E-state index contributed by atoms with van der Waals surface area (Å²) < 4.78 is 7.96. The Balaban J connectivity index is 4.14. The average Bonchev–Trinajstić information content (AvgIpc) is 2.10. The third kappa shape index (κ3) is 6.03. The molecule has 0 amide bonds. The van der Waals surface area contributed by atoms with Crippen LogP contribution < -0.4 is 15.9 Å². The molecule has 6 N–H and O–H groups in total. The van der Waals surface area contributed by atoms with E-state index in [1.807, 2.05) is 13.8 Å². The Labute approximate surface area is 95.4 Å². The van der Waals surface area contributed by atoms with Gasteiger partial charge in [-0.2, -0.15) is 0 Å². The van der Waals surface area contributed by atoms with Gasteiger partial charge in [0.2, 0.25) is 0 Å². The predicted molar refractivity (Wildman–Crippen MR) is 55.4 cm³/mol. The molecule has 0 aliphatic heterocycles. The van der Waals surface area contributed by atoms with Crippen LogP contribution in [0.25, 0.3) is 0 Å². The molecule has 89 valence electrons. The van der Waals surface area contributed by atoms with Gasteiger partial charge < -0.3 is 0 Å². The van der Waals surface area contributed by atoms with Crippen LogP contribution in [0.4, 0.5) is 0 Å². The maximum atomic E-state index is 5.79. The van der Waals surface area contributed by atoms with Gasteiger partial charge in [-0.25, -0.2) is 0 Å². The number of likely N-dealkylation sites (N-methyl/N-ethyl adjacent to an activating group) is 1. The SMILES string of the molecule is CCN(CC(C)N)[N](CC(C)N)[Ir][NH2]. The van der Waals surface area contributed by atoms with Crippen molar-refractivity contribution in [3.63, 3.8) is 0 Å². The van der Waals surface area contributed by atoms with Crippen LogP contribution in [-0.4, -0.2) is 40.4 Å². The Morgan fingerprint density at radius 3 is 1.93 bits per heavy atom. The third-order valence-electron chi connectivity index (χ3n) is 1.69. The van der Waals surface area contributed by atoms with Gasteiger partial charge in [-0.1, -0.05) is 0 Å². The van der Waals surface area contributed by atoms with E-state index in [2.05, 4.69) is 15.6 Å². The summed E-state index contributed by atoms with van der Waals surface area (Å²) in [5.74, 6) is 0. The van der Waals surface area contributed by atoms with Crippen LogP contribution in [0.2, 0.25) is 0 Å². The summed E-state index contributed by atoms with van der Waals surface area (Å²) >= 11 is -0.574. The zero-order valence-electron chi connectivity index (χ0n) is 9.24. The molecule has 0 saturated carbocycles. The number of rotatable bonds is 7. The molecule has 0 spiro atoms. The molecule has 0 bridgehead atoms. The van der Waals surface area contributed by atoms with Crippen molar-refractivity contribution in [2.24, 2.45) is 15.9 Å². The van der Waals surface area contributed by atoms with Crippen molar-refractivity contribution < 1.29 is 18.2 Å². The summed E-state index contributed by atoms with van der Waals surface area (Å²) in [6.45, 7) is 8.73. The number of nitrogens with two attached hydrogens (primary N) is 3. The standard InChI is InChI=1S/C8H21N4.Ir.H2N/c1-4-12(6-8(3)10)11-5-7(2)9;;/h7-8H,4-6,9-10H2,1-3H3;;1H2/q-1;+2;-1. The second-order valence-electron chi connectivity index (χ2n) is 3.54. The summed E-state index contributed by atoms with van der Waals surface area (Å²) in [7, 11) is 0. The van der Waals surface area contributed by atoms with Crippen molar-refractivity contribution in [2.75, 3.05) is 19.6 Å². The molecule has 5 nitrogen and oxygen atoms in total. The predicted octanol–water partition coefficient (Wildman–Crippen LogP) is -0.909. The number of hydrogen-bond acceptors (Lipinski definition) is 5. The molecule has 0 fully saturated rings. The second kappa shape index (κ2) is 7.70. The van der Waals surface area contributed by atoms with Gasteiger partial charge in [0.15, 0.2) is 0 Å². The number of hydrazine groups is 1. The van der Waals surface area contributed by atoms with Crippen LogP contribution in [-0.2, 0) is 18.2 Å². The molecule has 0 aliphatic rings. The first-order valence-electron chi connectivity index (χ1n) is 4.84. The Morgan fingerprint density at radius 2 is 1.64 bits per heavy atom. The van der Waals surface area contributed by atoms with Crippen LogP contribution >= 0.6 is 0 Å². The zero-order chi connectivity index (χ0) is 11.1. The van der Waals surface area contributed by atoms with E-state index in [0.29, 0.717) is 0 Å². The number of nitrogens with zero attached hydrogens (tertiary/aromatic N) is 2. The van der Waals surface area contributed by atoms with Gasteiger partial charge in [0.05, 0.1) is 0 Å². The molecule has 0 saturated heterocycles. The van der Waals surface area contributed by atoms with Gasteiger partial charge in [-0.15, -0.1) is 0 Å². The van der Waals surface area contributed by atoms with Crippen LogP contribution in [0.3, 0.4) is 0 Å². The first-order chi connectivity index (χ1) is 6.51. The van der Waals surface area contributed by atoms with Crippen LogP contribution in [0, 0.1) is 0 Å². The van der Waals surface area contributed by atoms with Gasteiger partial charge >= 0.3 is 95.2 Å². The zero-order valence-corrected chi connectivity index (χ0v) is 11.6. The molecule has 0 radical (unpaired) electrons. The van der Waals surface area contributed by atoms with Crippen LogP contribution in [0.1, 0.15) is 20.8 Å². The third-order valence-corrected chi connectivity index (χ3v) is 3.52. The van der Waals surface area contributed by atoms with Gasteiger partial charge in [-0.05, 0) is 0 Å². The van der Waals surface area contributed by atoms with E-state index < -0.39 is 18.2 Å². The van der Waals surface area contributed by atoms with Gasteiger partial charge in [-0.3, -0.25) is 0 Å². The number of hydrogen-bond donors (Lipinski definition) is 3. The minimum atomic E-state index is -0.574. The normalized spacial score (nSPS) is 16.6. The summed E-state index contributed by atoms with van der Waals surface area (Å²) in [4.78, 5) is 0. The van der Waals surface area contributed by atoms with Crippen molar-refractivity contribution in [1.29, 1.82) is 0 Å². The molecule has 0 aliphatic carbocycles. The Kier molecular flexibility index (Phi) is 7.95. The fourth-order valence-corrected chi connectivity index (χ4v) is 2.99. The molecule has 0 aromatic heterocycles. The monoisotopic (exact) mass is 382 g/mol. The summed E-state index contributed by atoms with van der Waals surface area (Å²) in [6.07, 6.45) is 0. The summed E-state index contributed by atoms with van der Waals surface area (Å²) in [5, 5.41) is 2.20. The van der Waals surface area contributed by atoms with E-state index in [-0.39, 0.29) is 12.1 Å². The Morgan fingerprint density at radius 1 is 1.14 bits per heavy atom. The first kappa shape index (κ1) is 14.4. The quantitative estimate of drug-likeness (QED) is 0.498. The van der Waals surface area contributed by atoms with Crippen molar-refractivity contribution in [2.45, 2.75) is 32.9 Å². The van der Waals surface area contributed by atoms with Gasteiger partial charge in [0.1, 0.15) is 0 Å². The molecule has 14 heavy (non-hydrogen) atoms. The fraction of sp³-hybridized carbons (Fsp3) is 1.00.